The lowest BCUT2D eigenvalue weighted by Crippen LogP contribution is -2.20. The van der Waals surface area contributed by atoms with Crippen LogP contribution in [0.2, 0.25) is 0 Å². The third kappa shape index (κ3) is 7.88. The maximum absolute atomic E-state index is 12.5. The summed E-state index contributed by atoms with van der Waals surface area (Å²) in [5.41, 5.74) is 2.18. The summed E-state index contributed by atoms with van der Waals surface area (Å²) in [7, 11) is 1.52. The number of hydrogen-bond acceptors (Lipinski definition) is 6. The first kappa shape index (κ1) is 25.8. The Kier molecular flexibility index (Phi) is 9.41. The number of hydrogen-bond donors (Lipinski definition) is 2. The second-order valence-corrected chi connectivity index (χ2v) is 7.39. The number of ether oxygens (including phenoxy) is 3. The van der Waals surface area contributed by atoms with E-state index in [9.17, 15) is 14.4 Å². The first-order valence-electron chi connectivity index (χ1n) is 11.0. The average molecular weight is 487 g/mol. The zero-order valence-electron chi connectivity index (χ0n) is 19.7. The number of amides is 2. The van der Waals surface area contributed by atoms with Gasteiger partial charge in [-0.1, -0.05) is 36.9 Å². The molecule has 0 saturated carbocycles. The van der Waals surface area contributed by atoms with E-state index in [0.29, 0.717) is 35.0 Å². The van der Waals surface area contributed by atoms with Crippen LogP contribution in [0.3, 0.4) is 0 Å². The quantitative estimate of drug-likeness (QED) is 0.231. The van der Waals surface area contributed by atoms with E-state index in [-0.39, 0.29) is 5.91 Å². The fourth-order valence-electron chi connectivity index (χ4n) is 3.02. The van der Waals surface area contributed by atoms with Crippen molar-refractivity contribution in [3.8, 4) is 11.5 Å². The molecule has 0 heterocycles. The van der Waals surface area contributed by atoms with E-state index >= 15 is 0 Å². The first-order chi connectivity index (χ1) is 17.5. The molecule has 0 spiro atoms. The molecule has 0 bridgehead atoms. The molecule has 2 N–H and O–H groups in total. The van der Waals surface area contributed by atoms with Gasteiger partial charge in [-0.15, -0.1) is 0 Å². The predicted molar refractivity (Wildman–Crippen MR) is 138 cm³/mol. The van der Waals surface area contributed by atoms with Crippen LogP contribution in [-0.2, 0) is 14.3 Å². The number of para-hydroxylation sites is 2. The minimum atomic E-state index is -0.652. The second-order valence-electron chi connectivity index (χ2n) is 7.39. The van der Waals surface area contributed by atoms with Gasteiger partial charge in [0.15, 0.2) is 6.61 Å². The van der Waals surface area contributed by atoms with Gasteiger partial charge >= 0.3 is 5.97 Å². The van der Waals surface area contributed by atoms with E-state index in [4.69, 9.17) is 14.2 Å². The Morgan fingerprint density at radius 1 is 0.917 bits per heavy atom. The second kappa shape index (κ2) is 13.1. The smallest absolute Gasteiger partial charge is 0.331 e. The highest BCUT2D eigenvalue weighted by Gasteiger charge is 2.10. The van der Waals surface area contributed by atoms with Crippen molar-refractivity contribution >= 4 is 35.2 Å². The van der Waals surface area contributed by atoms with Crippen LogP contribution in [0.25, 0.3) is 6.08 Å². The third-order valence-corrected chi connectivity index (χ3v) is 4.79. The fourth-order valence-corrected chi connectivity index (χ4v) is 3.02. The van der Waals surface area contributed by atoms with Gasteiger partial charge in [-0.2, -0.15) is 0 Å². The molecular weight excluding hydrogens is 460 g/mol. The normalized spacial score (nSPS) is 10.4. The maximum atomic E-state index is 12.5. The fraction of sp³-hybridized carbons (Fsp3) is 0.107. The van der Waals surface area contributed by atoms with Crippen molar-refractivity contribution < 1.29 is 28.6 Å². The standard InChI is InChI=1S/C28H26N2O6/c1-3-18-35-23-15-8-20(9-16-23)10-17-27(32)36-19-26(31)29-22-13-11-21(12-14-22)28(33)30-24-6-4-5-7-25(24)34-2/h3-17H,1,18-19H2,2H3,(H,29,31)(H,30,33)/b17-10+. The molecule has 0 saturated heterocycles. The number of carbonyl (C=O) groups excluding carboxylic acids is 3. The number of anilines is 2. The van der Waals surface area contributed by atoms with Crippen molar-refractivity contribution in [2.24, 2.45) is 0 Å². The number of carbonyl (C=O) groups is 3. The highest BCUT2D eigenvalue weighted by Crippen LogP contribution is 2.24. The van der Waals surface area contributed by atoms with Gasteiger partial charge in [0.05, 0.1) is 12.8 Å². The van der Waals surface area contributed by atoms with Gasteiger partial charge < -0.3 is 24.8 Å². The predicted octanol–water partition coefficient (Wildman–Crippen LogP) is 4.71. The van der Waals surface area contributed by atoms with Crippen LogP contribution in [0.4, 0.5) is 11.4 Å². The van der Waals surface area contributed by atoms with Crippen LogP contribution in [0.1, 0.15) is 15.9 Å². The van der Waals surface area contributed by atoms with Crippen molar-refractivity contribution in [2.45, 2.75) is 0 Å². The van der Waals surface area contributed by atoms with Crippen LogP contribution >= 0.6 is 0 Å². The molecule has 0 fully saturated rings. The minimum absolute atomic E-state index is 0.322. The molecule has 8 heteroatoms. The highest BCUT2D eigenvalue weighted by atomic mass is 16.5. The van der Waals surface area contributed by atoms with Crippen molar-refractivity contribution in [1.82, 2.24) is 0 Å². The zero-order valence-corrected chi connectivity index (χ0v) is 19.7. The lowest BCUT2D eigenvalue weighted by Gasteiger charge is -2.10. The van der Waals surface area contributed by atoms with Crippen LogP contribution in [-0.4, -0.2) is 38.1 Å². The van der Waals surface area contributed by atoms with Gasteiger partial charge in [0.25, 0.3) is 11.8 Å². The topological polar surface area (TPSA) is 103 Å². The molecule has 0 aliphatic carbocycles. The molecule has 0 aromatic heterocycles. The van der Waals surface area contributed by atoms with E-state index in [0.717, 1.165) is 5.56 Å². The summed E-state index contributed by atoms with van der Waals surface area (Å²) in [5.74, 6) is -0.244. The van der Waals surface area contributed by atoms with Gasteiger partial charge in [-0.05, 0) is 60.2 Å². The Labute approximate surface area is 209 Å². The van der Waals surface area contributed by atoms with Crippen molar-refractivity contribution in [1.29, 1.82) is 0 Å². The van der Waals surface area contributed by atoms with E-state index in [1.807, 2.05) is 0 Å². The molecule has 2 amide bonds. The Morgan fingerprint density at radius 3 is 2.33 bits per heavy atom. The molecule has 3 aromatic carbocycles. The molecule has 184 valence electrons. The minimum Gasteiger partial charge on any atom is -0.495 e. The van der Waals surface area contributed by atoms with E-state index in [2.05, 4.69) is 17.2 Å². The number of benzene rings is 3. The lowest BCUT2D eigenvalue weighted by atomic mass is 10.2. The molecule has 0 radical (unpaired) electrons. The molecule has 0 aliphatic rings. The van der Waals surface area contributed by atoms with E-state index < -0.39 is 18.5 Å². The highest BCUT2D eigenvalue weighted by molar-refractivity contribution is 6.05. The van der Waals surface area contributed by atoms with Gasteiger partial charge in [-0.3, -0.25) is 9.59 Å². The summed E-state index contributed by atoms with van der Waals surface area (Å²) in [6, 6.07) is 20.5. The summed E-state index contributed by atoms with van der Waals surface area (Å²) in [6.07, 6.45) is 4.47. The molecule has 0 atom stereocenters. The number of rotatable bonds is 11. The van der Waals surface area contributed by atoms with Gasteiger partial charge in [0.1, 0.15) is 18.1 Å². The summed E-state index contributed by atoms with van der Waals surface area (Å²) in [5, 5.41) is 5.40. The van der Waals surface area contributed by atoms with E-state index in [1.54, 1.807) is 84.9 Å². The largest absolute Gasteiger partial charge is 0.495 e. The summed E-state index contributed by atoms with van der Waals surface area (Å²) in [4.78, 5) is 36.5. The Morgan fingerprint density at radius 2 is 1.64 bits per heavy atom. The van der Waals surface area contributed by atoms with E-state index in [1.165, 1.54) is 13.2 Å². The van der Waals surface area contributed by atoms with Crippen LogP contribution < -0.4 is 20.1 Å². The van der Waals surface area contributed by atoms with Crippen LogP contribution in [0.5, 0.6) is 11.5 Å². The third-order valence-electron chi connectivity index (χ3n) is 4.79. The van der Waals surface area contributed by atoms with Crippen molar-refractivity contribution in [2.75, 3.05) is 31.0 Å². The molecule has 36 heavy (non-hydrogen) atoms. The maximum Gasteiger partial charge on any atom is 0.331 e. The molecule has 3 aromatic rings. The van der Waals surface area contributed by atoms with Crippen LogP contribution in [0.15, 0.2) is 91.5 Å². The van der Waals surface area contributed by atoms with Gasteiger partial charge in [-0.25, -0.2) is 4.79 Å². The summed E-state index contributed by atoms with van der Waals surface area (Å²) >= 11 is 0. The van der Waals surface area contributed by atoms with Gasteiger partial charge in [0, 0.05) is 17.3 Å². The molecule has 0 aliphatic heterocycles. The van der Waals surface area contributed by atoms with Crippen molar-refractivity contribution in [3.05, 3.63) is 103 Å². The number of nitrogens with one attached hydrogen (secondary N) is 2. The number of esters is 1. The molecule has 3 rings (SSSR count). The molecular formula is C28H26N2O6. The molecule has 8 nitrogen and oxygen atoms in total. The summed E-state index contributed by atoms with van der Waals surface area (Å²) < 4.78 is 15.6. The zero-order chi connectivity index (χ0) is 25.8. The van der Waals surface area contributed by atoms with Crippen LogP contribution in [0, 0.1) is 0 Å². The molecule has 0 unspecified atom stereocenters. The Bertz CT molecular complexity index is 1230. The first-order valence-corrected chi connectivity index (χ1v) is 11.0. The SMILES string of the molecule is C=CCOc1ccc(/C=C/C(=O)OCC(=O)Nc2ccc(C(=O)Nc3ccccc3OC)cc2)cc1. The van der Waals surface area contributed by atoms with Gasteiger partial charge in [0.2, 0.25) is 0 Å². The summed E-state index contributed by atoms with van der Waals surface area (Å²) in [6.45, 7) is 3.55. The Balaban J connectivity index is 1.44. The van der Waals surface area contributed by atoms with Crippen molar-refractivity contribution in [3.63, 3.8) is 0 Å². The number of methoxy groups -OCH3 is 1. The monoisotopic (exact) mass is 486 g/mol. The lowest BCUT2D eigenvalue weighted by molar-refractivity contribution is -0.142. The Hall–Kier alpha value is -4.85. The average Bonchev–Trinajstić information content (AvgIpc) is 2.90.